The minimum absolute atomic E-state index is 0.0134. The number of ether oxygens (including phenoxy) is 2. The fraction of sp³-hybridized carbons (Fsp3) is 0.609. The molecule has 0 bridgehead atoms. The van der Waals surface area contributed by atoms with Crippen LogP contribution in [0.3, 0.4) is 0 Å². The number of carbonyl (C=O) groups excluding carboxylic acids is 1. The summed E-state index contributed by atoms with van der Waals surface area (Å²) in [6.45, 7) is 2.59. The van der Waals surface area contributed by atoms with E-state index in [0.29, 0.717) is 36.2 Å². The van der Waals surface area contributed by atoms with Crippen molar-refractivity contribution in [3.05, 3.63) is 39.9 Å². The van der Waals surface area contributed by atoms with Crippen LogP contribution in [-0.2, 0) is 22.4 Å². The monoisotopic (exact) mass is 411 g/mol. The number of hydrogen-bond acceptors (Lipinski definition) is 5. The molecule has 7 nitrogen and oxygen atoms in total. The SMILES string of the molecule is O=C(c1ccc2c(=O)n3c(nc2c1)CCCCCC3)N1CCCCC1C1OCCO1. The van der Waals surface area contributed by atoms with E-state index in [1.165, 1.54) is 6.42 Å². The highest BCUT2D eigenvalue weighted by molar-refractivity contribution is 5.98. The van der Waals surface area contributed by atoms with E-state index in [0.717, 1.165) is 57.3 Å². The maximum atomic E-state index is 13.4. The van der Waals surface area contributed by atoms with Gasteiger partial charge < -0.3 is 14.4 Å². The van der Waals surface area contributed by atoms with Gasteiger partial charge in [0.1, 0.15) is 5.82 Å². The van der Waals surface area contributed by atoms with E-state index in [-0.39, 0.29) is 23.8 Å². The third-order valence-corrected chi connectivity index (χ3v) is 6.59. The Hall–Kier alpha value is -2.25. The van der Waals surface area contributed by atoms with Crippen LogP contribution < -0.4 is 5.56 Å². The van der Waals surface area contributed by atoms with Gasteiger partial charge in [0.05, 0.1) is 30.2 Å². The van der Waals surface area contributed by atoms with Crippen LogP contribution in [0.2, 0.25) is 0 Å². The van der Waals surface area contributed by atoms with Crippen molar-refractivity contribution >= 4 is 16.8 Å². The average molecular weight is 412 g/mol. The highest BCUT2D eigenvalue weighted by Crippen LogP contribution is 2.26. The van der Waals surface area contributed by atoms with Crippen molar-refractivity contribution in [2.45, 2.75) is 70.2 Å². The molecule has 2 aromatic rings. The number of carbonyl (C=O) groups is 1. The Labute approximate surface area is 176 Å². The van der Waals surface area contributed by atoms with E-state index in [9.17, 15) is 9.59 Å². The molecule has 2 saturated heterocycles. The lowest BCUT2D eigenvalue weighted by Crippen LogP contribution is -2.50. The first-order valence-corrected chi connectivity index (χ1v) is 11.3. The van der Waals surface area contributed by atoms with Gasteiger partial charge in [-0.3, -0.25) is 14.2 Å². The molecule has 3 aliphatic heterocycles. The molecule has 1 amide bonds. The maximum Gasteiger partial charge on any atom is 0.261 e. The summed E-state index contributed by atoms with van der Waals surface area (Å²) in [4.78, 5) is 33.1. The van der Waals surface area contributed by atoms with Gasteiger partial charge in [0, 0.05) is 25.1 Å². The van der Waals surface area contributed by atoms with Crippen LogP contribution in [0.15, 0.2) is 23.0 Å². The normalized spacial score (nSPS) is 23.2. The number of rotatable bonds is 2. The number of benzene rings is 1. The fourth-order valence-corrected chi connectivity index (χ4v) is 4.99. The number of piperidine rings is 1. The molecule has 1 aromatic heterocycles. The number of aromatic nitrogens is 2. The molecule has 160 valence electrons. The van der Waals surface area contributed by atoms with Crippen LogP contribution in [0, 0.1) is 0 Å². The van der Waals surface area contributed by atoms with E-state index in [1.54, 1.807) is 18.2 Å². The molecule has 5 rings (SSSR count). The maximum absolute atomic E-state index is 13.4. The molecule has 1 atom stereocenters. The Balaban J connectivity index is 1.48. The van der Waals surface area contributed by atoms with E-state index < -0.39 is 0 Å². The first-order valence-electron chi connectivity index (χ1n) is 11.3. The summed E-state index contributed by atoms with van der Waals surface area (Å²) in [6, 6.07) is 5.27. The van der Waals surface area contributed by atoms with Gasteiger partial charge in [0.25, 0.3) is 11.5 Å². The van der Waals surface area contributed by atoms with Crippen molar-refractivity contribution in [3.63, 3.8) is 0 Å². The molecule has 3 aliphatic rings. The third kappa shape index (κ3) is 3.65. The molecule has 0 aliphatic carbocycles. The molecule has 1 aromatic carbocycles. The second-order valence-electron chi connectivity index (χ2n) is 8.55. The van der Waals surface area contributed by atoms with E-state index in [2.05, 4.69) is 0 Å². The van der Waals surface area contributed by atoms with Gasteiger partial charge in [-0.15, -0.1) is 0 Å². The van der Waals surface area contributed by atoms with Crippen molar-refractivity contribution in [3.8, 4) is 0 Å². The Morgan fingerprint density at radius 3 is 2.67 bits per heavy atom. The third-order valence-electron chi connectivity index (χ3n) is 6.59. The van der Waals surface area contributed by atoms with Gasteiger partial charge in [-0.05, 0) is 50.3 Å². The van der Waals surface area contributed by atoms with Gasteiger partial charge in [-0.2, -0.15) is 0 Å². The lowest BCUT2D eigenvalue weighted by molar-refractivity contribution is -0.100. The zero-order valence-electron chi connectivity index (χ0n) is 17.3. The molecular weight excluding hydrogens is 382 g/mol. The first kappa shape index (κ1) is 19.7. The lowest BCUT2D eigenvalue weighted by Gasteiger charge is -2.38. The van der Waals surface area contributed by atoms with Crippen LogP contribution in [0.1, 0.15) is 61.1 Å². The first-order chi connectivity index (χ1) is 14.7. The summed E-state index contributed by atoms with van der Waals surface area (Å²) in [5, 5.41) is 0.591. The van der Waals surface area contributed by atoms with E-state index in [1.807, 2.05) is 9.47 Å². The fourth-order valence-electron chi connectivity index (χ4n) is 4.99. The van der Waals surface area contributed by atoms with Crippen molar-refractivity contribution in [1.29, 1.82) is 0 Å². The van der Waals surface area contributed by atoms with Crippen LogP contribution in [0.25, 0.3) is 10.9 Å². The molecular formula is C23H29N3O4. The predicted molar refractivity (Wildman–Crippen MR) is 113 cm³/mol. The highest BCUT2D eigenvalue weighted by atomic mass is 16.7. The van der Waals surface area contributed by atoms with E-state index >= 15 is 0 Å². The van der Waals surface area contributed by atoms with Crippen molar-refractivity contribution in [2.24, 2.45) is 0 Å². The van der Waals surface area contributed by atoms with Crippen molar-refractivity contribution < 1.29 is 14.3 Å². The molecule has 0 saturated carbocycles. The zero-order chi connectivity index (χ0) is 20.5. The van der Waals surface area contributed by atoms with Crippen LogP contribution >= 0.6 is 0 Å². The molecule has 7 heteroatoms. The van der Waals surface area contributed by atoms with Crippen LogP contribution in [-0.4, -0.2) is 52.4 Å². The number of aryl methyl sites for hydroxylation is 1. The van der Waals surface area contributed by atoms with Gasteiger partial charge in [0.2, 0.25) is 0 Å². The number of fused-ring (bicyclic) bond motifs is 2. The van der Waals surface area contributed by atoms with Gasteiger partial charge in [0.15, 0.2) is 6.29 Å². The lowest BCUT2D eigenvalue weighted by atomic mass is 10.00. The molecule has 0 radical (unpaired) electrons. The molecule has 0 N–H and O–H groups in total. The predicted octanol–water partition coefficient (Wildman–Crippen LogP) is 2.88. The molecule has 4 heterocycles. The zero-order valence-corrected chi connectivity index (χ0v) is 17.3. The minimum Gasteiger partial charge on any atom is -0.348 e. The summed E-state index contributed by atoms with van der Waals surface area (Å²) in [6.07, 6.45) is 7.81. The minimum atomic E-state index is -0.336. The van der Waals surface area contributed by atoms with Crippen molar-refractivity contribution in [1.82, 2.24) is 14.5 Å². The Bertz CT molecular complexity index is 996. The summed E-state index contributed by atoms with van der Waals surface area (Å²) < 4.78 is 13.2. The Kier molecular flexibility index (Phi) is 5.56. The van der Waals surface area contributed by atoms with E-state index in [4.69, 9.17) is 14.5 Å². The topological polar surface area (TPSA) is 73.7 Å². The van der Waals surface area contributed by atoms with Crippen LogP contribution in [0.4, 0.5) is 0 Å². The van der Waals surface area contributed by atoms with Gasteiger partial charge in [-0.25, -0.2) is 4.98 Å². The smallest absolute Gasteiger partial charge is 0.261 e. The molecule has 0 spiro atoms. The van der Waals surface area contributed by atoms with Gasteiger partial charge in [-0.1, -0.05) is 12.8 Å². The van der Waals surface area contributed by atoms with Crippen LogP contribution in [0.5, 0.6) is 0 Å². The second-order valence-corrected chi connectivity index (χ2v) is 8.55. The highest BCUT2D eigenvalue weighted by Gasteiger charge is 2.36. The standard InChI is InChI=1S/C23H29N3O4/c27-21(25-11-6-4-7-19(25)23-29-13-14-30-23)16-9-10-17-18(15-16)24-20-8-3-1-2-5-12-26(20)22(17)28/h9-10,15,19,23H,1-8,11-14H2. The summed E-state index contributed by atoms with van der Waals surface area (Å²) in [5.74, 6) is 0.815. The molecule has 2 fully saturated rings. The Morgan fingerprint density at radius 1 is 1.00 bits per heavy atom. The largest absolute Gasteiger partial charge is 0.348 e. The summed E-state index contributed by atoms with van der Waals surface area (Å²) in [5.41, 5.74) is 1.22. The number of likely N-dealkylation sites (tertiary alicyclic amines) is 1. The second kappa shape index (κ2) is 8.47. The molecule has 1 unspecified atom stereocenters. The summed E-state index contributed by atoms with van der Waals surface area (Å²) in [7, 11) is 0. The van der Waals surface area contributed by atoms with Crippen molar-refractivity contribution in [2.75, 3.05) is 19.8 Å². The van der Waals surface area contributed by atoms with Gasteiger partial charge >= 0.3 is 0 Å². The average Bonchev–Trinajstić information content (AvgIpc) is 3.29. The number of amides is 1. The Morgan fingerprint density at radius 2 is 1.80 bits per heavy atom. The quantitative estimate of drug-likeness (QED) is 0.760. The number of nitrogens with zero attached hydrogens (tertiary/aromatic N) is 3. The summed E-state index contributed by atoms with van der Waals surface area (Å²) >= 11 is 0. The number of hydrogen-bond donors (Lipinski definition) is 0. The molecule has 30 heavy (non-hydrogen) atoms.